The van der Waals surface area contributed by atoms with Crippen LogP contribution in [0.3, 0.4) is 0 Å². The molecule has 2 aromatic rings. The van der Waals surface area contributed by atoms with Crippen LogP contribution in [0.4, 0.5) is 5.69 Å². The average Bonchev–Trinajstić information content (AvgIpc) is 2.72. The number of nitrogen functional groups attached to an aromatic ring is 1. The summed E-state index contributed by atoms with van der Waals surface area (Å²) < 4.78 is 0. The second-order valence-electron chi connectivity index (χ2n) is 4.30. The van der Waals surface area contributed by atoms with Gasteiger partial charge in [0.1, 0.15) is 5.82 Å². The minimum absolute atomic E-state index is 0.0802. The van der Waals surface area contributed by atoms with Crippen LogP contribution in [0.2, 0.25) is 0 Å². The Labute approximate surface area is 99.4 Å². The van der Waals surface area contributed by atoms with E-state index in [4.69, 9.17) is 11.5 Å². The van der Waals surface area contributed by atoms with Gasteiger partial charge in [0.25, 0.3) is 0 Å². The summed E-state index contributed by atoms with van der Waals surface area (Å²) in [5.74, 6) is 0.848. The number of H-pyrrole nitrogens is 1. The standard InChI is InChI=1S/C13H14N4/c14-9-3-1-2-8(6-9)13-16-11-5-4-10(15)7-12(11)17-13/h1-6,10H,7,14-15H2,(H,16,17). The van der Waals surface area contributed by atoms with Crippen LogP contribution >= 0.6 is 0 Å². The van der Waals surface area contributed by atoms with Crippen LogP contribution in [-0.4, -0.2) is 16.0 Å². The second kappa shape index (κ2) is 3.75. The third kappa shape index (κ3) is 1.83. The summed E-state index contributed by atoms with van der Waals surface area (Å²) in [7, 11) is 0. The summed E-state index contributed by atoms with van der Waals surface area (Å²) in [6.45, 7) is 0. The van der Waals surface area contributed by atoms with Gasteiger partial charge < -0.3 is 16.5 Å². The Morgan fingerprint density at radius 2 is 2.24 bits per heavy atom. The van der Waals surface area contributed by atoms with Crippen molar-refractivity contribution in [2.75, 3.05) is 5.73 Å². The molecule has 0 aliphatic heterocycles. The number of benzene rings is 1. The summed E-state index contributed by atoms with van der Waals surface area (Å²) in [6.07, 6.45) is 4.75. The average molecular weight is 226 g/mol. The molecule has 0 bridgehead atoms. The Kier molecular flexibility index (Phi) is 2.23. The second-order valence-corrected chi connectivity index (χ2v) is 4.30. The van der Waals surface area contributed by atoms with Crippen molar-refractivity contribution < 1.29 is 0 Å². The highest BCUT2D eigenvalue weighted by Crippen LogP contribution is 2.23. The van der Waals surface area contributed by atoms with E-state index in [0.717, 1.165) is 34.9 Å². The minimum Gasteiger partial charge on any atom is -0.399 e. The van der Waals surface area contributed by atoms with Gasteiger partial charge in [0.2, 0.25) is 0 Å². The normalized spacial score (nSPS) is 18.1. The van der Waals surface area contributed by atoms with Crippen LogP contribution in [0.25, 0.3) is 17.5 Å². The Hall–Kier alpha value is -2.07. The zero-order valence-electron chi connectivity index (χ0n) is 9.35. The van der Waals surface area contributed by atoms with Crippen molar-refractivity contribution in [3.05, 3.63) is 41.7 Å². The van der Waals surface area contributed by atoms with Gasteiger partial charge in [0, 0.05) is 29.4 Å². The van der Waals surface area contributed by atoms with Crippen LogP contribution < -0.4 is 11.5 Å². The third-order valence-corrected chi connectivity index (χ3v) is 2.91. The lowest BCUT2D eigenvalue weighted by Crippen LogP contribution is -2.22. The van der Waals surface area contributed by atoms with Gasteiger partial charge in [-0.15, -0.1) is 0 Å². The molecule has 4 heteroatoms. The van der Waals surface area contributed by atoms with Gasteiger partial charge in [-0.3, -0.25) is 0 Å². The van der Waals surface area contributed by atoms with Crippen LogP contribution in [0, 0.1) is 0 Å². The van der Waals surface area contributed by atoms with Gasteiger partial charge in [-0.2, -0.15) is 0 Å². The maximum Gasteiger partial charge on any atom is 0.138 e. The van der Waals surface area contributed by atoms with Crippen LogP contribution in [0.15, 0.2) is 30.3 Å². The highest BCUT2D eigenvalue weighted by molar-refractivity contribution is 5.64. The SMILES string of the molecule is Nc1cccc(-c2nc3c([nH]2)CC(N)C=C3)c1. The van der Waals surface area contributed by atoms with E-state index in [2.05, 4.69) is 9.97 Å². The summed E-state index contributed by atoms with van der Waals surface area (Å²) >= 11 is 0. The molecule has 0 saturated carbocycles. The van der Waals surface area contributed by atoms with Crippen molar-refractivity contribution in [2.24, 2.45) is 5.73 Å². The first-order valence-electron chi connectivity index (χ1n) is 5.61. The number of nitrogens with one attached hydrogen (secondary N) is 1. The van der Waals surface area contributed by atoms with E-state index >= 15 is 0 Å². The molecule has 1 aromatic heterocycles. The number of nitrogens with zero attached hydrogens (tertiary/aromatic N) is 1. The third-order valence-electron chi connectivity index (χ3n) is 2.91. The van der Waals surface area contributed by atoms with E-state index in [9.17, 15) is 0 Å². The number of hydrogen-bond acceptors (Lipinski definition) is 3. The molecule has 1 unspecified atom stereocenters. The maximum atomic E-state index is 5.87. The number of fused-ring (bicyclic) bond motifs is 1. The fourth-order valence-electron chi connectivity index (χ4n) is 2.06. The van der Waals surface area contributed by atoms with Gasteiger partial charge in [0.05, 0.1) is 5.69 Å². The predicted octanol–water partition coefficient (Wildman–Crippen LogP) is 1.56. The number of anilines is 1. The Balaban J connectivity index is 2.04. The molecule has 0 fully saturated rings. The van der Waals surface area contributed by atoms with E-state index < -0.39 is 0 Å². The lowest BCUT2D eigenvalue weighted by Gasteiger charge is -2.09. The molecule has 4 nitrogen and oxygen atoms in total. The summed E-state index contributed by atoms with van der Waals surface area (Å²) in [4.78, 5) is 7.85. The zero-order valence-corrected chi connectivity index (χ0v) is 9.35. The molecular formula is C13H14N4. The molecule has 1 aliphatic carbocycles. The van der Waals surface area contributed by atoms with Crippen molar-refractivity contribution >= 4 is 11.8 Å². The van der Waals surface area contributed by atoms with E-state index in [1.807, 2.05) is 36.4 Å². The molecular weight excluding hydrogens is 212 g/mol. The smallest absolute Gasteiger partial charge is 0.138 e. The van der Waals surface area contributed by atoms with Crippen LogP contribution in [0.1, 0.15) is 11.4 Å². The number of rotatable bonds is 1. The number of nitrogens with two attached hydrogens (primary N) is 2. The highest BCUT2D eigenvalue weighted by atomic mass is 14.9. The van der Waals surface area contributed by atoms with Gasteiger partial charge in [-0.05, 0) is 18.2 Å². The largest absolute Gasteiger partial charge is 0.399 e. The Morgan fingerprint density at radius 3 is 3.06 bits per heavy atom. The lowest BCUT2D eigenvalue weighted by atomic mass is 10.0. The number of aromatic nitrogens is 2. The van der Waals surface area contributed by atoms with Crippen LogP contribution in [0.5, 0.6) is 0 Å². The van der Waals surface area contributed by atoms with Crippen molar-refractivity contribution in [2.45, 2.75) is 12.5 Å². The van der Waals surface area contributed by atoms with Gasteiger partial charge in [0.15, 0.2) is 0 Å². The van der Waals surface area contributed by atoms with Gasteiger partial charge >= 0.3 is 0 Å². The molecule has 1 aromatic carbocycles. The summed E-state index contributed by atoms with van der Waals surface area (Å²) in [5, 5.41) is 0. The molecule has 0 saturated heterocycles. The minimum atomic E-state index is 0.0802. The molecule has 0 spiro atoms. The van der Waals surface area contributed by atoms with Crippen molar-refractivity contribution in [3.63, 3.8) is 0 Å². The zero-order chi connectivity index (χ0) is 11.8. The van der Waals surface area contributed by atoms with Gasteiger partial charge in [-0.1, -0.05) is 18.2 Å². The van der Waals surface area contributed by atoms with Crippen molar-refractivity contribution in [1.29, 1.82) is 0 Å². The van der Waals surface area contributed by atoms with Gasteiger partial charge in [-0.25, -0.2) is 4.98 Å². The molecule has 1 aliphatic rings. The monoisotopic (exact) mass is 226 g/mol. The number of imidazole rings is 1. The Bertz CT molecular complexity index is 583. The number of hydrogen-bond donors (Lipinski definition) is 3. The first-order chi connectivity index (χ1) is 8.22. The highest BCUT2D eigenvalue weighted by Gasteiger charge is 2.15. The maximum absolute atomic E-state index is 5.87. The van der Waals surface area contributed by atoms with E-state index in [-0.39, 0.29) is 6.04 Å². The molecule has 86 valence electrons. The van der Waals surface area contributed by atoms with E-state index in [1.165, 1.54) is 0 Å². The number of aromatic amines is 1. The fourth-order valence-corrected chi connectivity index (χ4v) is 2.06. The first kappa shape index (κ1) is 10.1. The quantitative estimate of drug-likeness (QED) is 0.645. The molecule has 1 atom stereocenters. The summed E-state index contributed by atoms with van der Waals surface area (Å²) in [5.41, 5.74) is 15.4. The molecule has 5 N–H and O–H groups in total. The van der Waals surface area contributed by atoms with E-state index in [0.29, 0.717) is 0 Å². The lowest BCUT2D eigenvalue weighted by molar-refractivity contribution is 0.784. The predicted molar refractivity (Wildman–Crippen MR) is 69.1 cm³/mol. The fraction of sp³-hybridized carbons (Fsp3) is 0.154. The first-order valence-corrected chi connectivity index (χ1v) is 5.61. The molecule has 17 heavy (non-hydrogen) atoms. The Morgan fingerprint density at radius 1 is 1.35 bits per heavy atom. The van der Waals surface area contributed by atoms with Crippen molar-refractivity contribution in [3.8, 4) is 11.4 Å². The molecule has 3 rings (SSSR count). The summed E-state index contributed by atoms with van der Waals surface area (Å²) in [6, 6.07) is 7.77. The topological polar surface area (TPSA) is 80.7 Å². The van der Waals surface area contributed by atoms with Crippen LogP contribution in [-0.2, 0) is 6.42 Å². The van der Waals surface area contributed by atoms with E-state index in [1.54, 1.807) is 0 Å². The molecule has 1 heterocycles. The molecule has 0 amide bonds. The molecule has 0 radical (unpaired) electrons. The van der Waals surface area contributed by atoms with Crippen molar-refractivity contribution in [1.82, 2.24) is 9.97 Å².